The SMILES string of the molecule is CC(=O)NC1C(OCCOCCOCCOCC(=O)NCCCC[C@H](NC(=O)C(CCCCNC(=O)COCCOCCOCCO[C@@H]2O[C@H](CO)[C@H](O)[C@H](O)[C@H]2NC(C)=O)NC(=O)COCCOCCOCCO[C@@H]2O[C@H](CO)[C@H](O)[C@H](O)C2NC(C)=O)C(=O)O)O[C@H](CO)[C@H](O)[C@@H]1O. The van der Waals surface area contributed by atoms with E-state index in [1.165, 1.54) is 20.8 Å². The van der Waals surface area contributed by atoms with Crippen LogP contribution < -0.4 is 37.2 Å². The van der Waals surface area contributed by atoms with Gasteiger partial charge in [-0.15, -0.1) is 0 Å². The van der Waals surface area contributed by atoms with Crippen molar-refractivity contribution in [3.8, 4) is 0 Å². The normalized spacial score (nSPS) is 25.8. The fourth-order valence-electron chi connectivity index (χ4n) is 9.86. The zero-order chi connectivity index (χ0) is 73.6. The van der Waals surface area contributed by atoms with E-state index in [0.717, 1.165) is 0 Å². The number of aliphatic hydroxyl groups is 9. The molecule has 0 saturated carbocycles. The van der Waals surface area contributed by atoms with Crippen molar-refractivity contribution in [2.24, 2.45) is 0 Å². The number of hydrogen-bond donors (Lipinski definition) is 17. The first kappa shape index (κ1) is 89.0. The average Bonchev–Trinajstić information content (AvgIpc) is 0.824. The van der Waals surface area contributed by atoms with E-state index in [4.69, 9.17) is 71.1 Å². The second kappa shape index (κ2) is 52.7. The number of ether oxygens (including phenoxy) is 15. The van der Waals surface area contributed by atoms with Gasteiger partial charge in [0.15, 0.2) is 18.9 Å². The monoisotopic (exact) mass is 1450 g/mol. The molecule has 3 fully saturated rings. The summed E-state index contributed by atoms with van der Waals surface area (Å²) in [6.07, 6.45) is -14.4. The van der Waals surface area contributed by atoms with Gasteiger partial charge in [0.25, 0.3) is 0 Å². The van der Waals surface area contributed by atoms with Crippen molar-refractivity contribution in [1.29, 1.82) is 0 Å². The highest BCUT2D eigenvalue weighted by Gasteiger charge is 2.48. The molecule has 17 atom stereocenters. The van der Waals surface area contributed by atoms with Crippen molar-refractivity contribution in [2.75, 3.05) is 172 Å². The molecule has 3 aliphatic rings. The van der Waals surface area contributed by atoms with Crippen LogP contribution in [-0.4, -0.2) is 374 Å². The number of carbonyl (C=O) groups excluding carboxylic acids is 7. The Morgan fingerprint density at radius 1 is 0.360 bits per heavy atom. The van der Waals surface area contributed by atoms with Crippen LogP contribution >= 0.6 is 0 Å². The number of amides is 7. The number of hydrogen-bond acceptors (Lipinski definition) is 32. The van der Waals surface area contributed by atoms with E-state index >= 15 is 0 Å². The molecule has 3 heterocycles. The fourth-order valence-corrected chi connectivity index (χ4v) is 9.86. The first-order chi connectivity index (χ1) is 48.0. The Morgan fingerprint density at radius 2 is 0.640 bits per heavy atom. The number of aliphatic hydroxyl groups excluding tert-OH is 9. The Labute approximate surface area is 578 Å². The highest BCUT2D eigenvalue weighted by Crippen LogP contribution is 2.25. The molecule has 3 aliphatic heterocycles. The molecule has 0 aromatic carbocycles. The van der Waals surface area contributed by atoms with E-state index in [-0.39, 0.29) is 171 Å². The van der Waals surface area contributed by atoms with Crippen molar-refractivity contribution in [2.45, 2.75) is 163 Å². The molecule has 3 saturated heterocycles. The third-order valence-electron chi connectivity index (χ3n) is 15.0. The van der Waals surface area contributed by atoms with Crippen molar-refractivity contribution in [1.82, 2.24) is 37.2 Å². The van der Waals surface area contributed by atoms with E-state index in [1.807, 2.05) is 0 Å². The lowest BCUT2D eigenvalue weighted by Crippen LogP contribution is -2.64. The lowest BCUT2D eigenvalue weighted by molar-refractivity contribution is -0.272. The predicted molar refractivity (Wildman–Crippen MR) is 337 cm³/mol. The van der Waals surface area contributed by atoms with Gasteiger partial charge in [0.05, 0.1) is 139 Å². The standard InChI is InChI=1S/C60H107N7O33/c1-36(71)63-47-53(80)50(77)41(30-68)98-58(47)95-27-24-89-15-12-86-18-21-92-33-44(74)61-10-6-4-8-39(66-46(76)35-94-23-20-88-14-17-91-26-29-97-60-49(65-38(3)73)55(82)52(79)43(32-70)100-60)56(83)67-40(57(84)85)9-5-7-11-62-45(75)34-93-22-19-87-13-16-90-25-28-96-59-48(64-37(2)72)54(81)51(78)42(31-69)99-59/h39-43,47-55,58-60,68-70,77-82H,4-35H2,1-3H3,(H,61,74)(H,62,75)(H,63,71)(H,64,72)(H,65,73)(H,66,76)(H,67,83)(H,84,85)/t39?,40-,41+,42+,43+,47+,48?,49?,50-,51-,52-,53+,54+,55+,58+,59?,60+/m0/s1. The number of aliphatic carboxylic acids is 1. The van der Waals surface area contributed by atoms with Gasteiger partial charge < -0.3 is 159 Å². The zero-order valence-corrected chi connectivity index (χ0v) is 56.8. The molecule has 0 aliphatic carbocycles. The van der Waals surface area contributed by atoms with E-state index in [9.17, 15) is 89.4 Å². The van der Waals surface area contributed by atoms with Gasteiger partial charge in [0, 0.05) is 33.9 Å². The van der Waals surface area contributed by atoms with Gasteiger partial charge in [-0.05, 0) is 38.5 Å². The van der Waals surface area contributed by atoms with Gasteiger partial charge in [-0.3, -0.25) is 33.6 Å². The third kappa shape index (κ3) is 36.3. The number of rotatable bonds is 56. The molecule has 0 aromatic rings. The second-order valence-electron chi connectivity index (χ2n) is 23.0. The van der Waals surface area contributed by atoms with Crippen molar-refractivity contribution in [3.05, 3.63) is 0 Å². The number of unbranched alkanes of at least 4 members (excludes halogenated alkanes) is 2. The van der Waals surface area contributed by atoms with Crippen LogP contribution in [-0.2, 0) is 109 Å². The van der Waals surface area contributed by atoms with Gasteiger partial charge in [-0.1, -0.05) is 0 Å². The summed E-state index contributed by atoms with van der Waals surface area (Å²) in [5, 5.41) is 118. The molecule has 580 valence electrons. The largest absolute Gasteiger partial charge is 0.480 e. The summed E-state index contributed by atoms with van der Waals surface area (Å²) in [6.45, 7) is 2.54. The summed E-state index contributed by atoms with van der Waals surface area (Å²) in [4.78, 5) is 98.8. The smallest absolute Gasteiger partial charge is 0.326 e. The van der Waals surface area contributed by atoms with Crippen molar-refractivity contribution < 1.29 is 160 Å². The Balaban J connectivity index is 1.34. The molecule has 17 N–H and O–H groups in total. The maximum Gasteiger partial charge on any atom is 0.326 e. The van der Waals surface area contributed by atoms with E-state index in [2.05, 4.69) is 37.2 Å². The summed E-state index contributed by atoms with van der Waals surface area (Å²) in [5.74, 6) is -5.18. The van der Waals surface area contributed by atoms with Crippen LogP contribution in [0, 0.1) is 0 Å². The molecule has 0 aromatic heterocycles. The summed E-state index contributed by atoms with van der Waals surface area (Å²) in [5.41, 5.74) is 0. The van der Waals surface area contributed by atoms with Crippen LogP contribution in [0.25, 0.3) is 0 Å². The number of carboxylic acid groups (broad SMARTS) is 1. The molecular weight excluding hydrogens is 1350 g/mol. The molecule has 0 bridgehead atoms. The summed E-state index contributed by atoms with van der Waals surface area (Å²) in [7, 11) is 0. The maximum atomic E-state index is 13.6. The molecule has 40 heteroatoms. The first-order valence-corrected chi connectivity index (χ1v) is 33.1. The molecule has 7 amide bonds. The Morgan fingerprint density at radius 3 is 0.930 bits per heavy atom. The molecule has 100 heavy (non-hydrogen) atoms. The van der Waals surface area contributed by atoms with Crippen molar-refractivity contribution >= 4 is 47.3 Å². The van der Waals surface area contributed by atoms with Crippen LogP contribution in [0.4, 0.5) is 0 Å². The van der Waals surface area contributed by atoms with E-state index in [1.54, 1.807) is 0 Å². The van der Waals surface area contributed by atoms with Crippen LogP contribution in [0.3, 0.4) is 0 Å². The van der Waals surface area contributed by atoms with Crippen LogP contribution in [0.1, 0.15) is 59.3 Å². The quantitative estimate of drug-likeness (QED) is 0.0252. The highest BCUT2D eigenvalue weighted by molar-refractivity contribution is 5.90. The number of nitrogens with one attached hydrogen (secondary N) is 7. The minimum Gasteiger partial charge on any atom is -0.480 e. The Hall–Kier alpha value is -5.20. The third-order valence-corrected chi connectivity index (χ3v) is 15.0. The maximum absolute atomic E-state index is 13.6. The molecule has 4 unspecified atom stereocenters. The minimum absolute atomic E-state index is 0.0161. The number of carbonyl (C=O) groups is 8. The topological polar surface area (TPSA) is 562 Å². The summed E-state index contributed by atoms with van der Waals surface area (Å²) in [6, 6.07) is -5.87. The second-order valence-corrected chi connectivity index (χ2v) is 23.0. The molecular formula is C60H107N7O33. The predicted octanol–water partition coefficient (Wildman–Crippen LogP) is -9.36. The molecule has 3 rings (SSSR count). The van der Waals surface area contributed by atoms with Gasteiger partial charge in [0.1, 0.15) is 105 Å². The lowest BCUT2D eigenvalue weighted by atomic mass is 9.97. The average molecular weight is 1450 g/mol. The summed E-state index contributed by atoms with van der Waals surface area (Å²) >= 11 is 0. The van der Waals surface area contributed by atoms with Gasteiger partial charge in [-0.2, -0.15) is 0 Å². The summed E-state index contributed by atoms with van der Waals surface area (Å²) < 4.78 is 82.2. The van der Waals surface area contributed by atoms with Gasteiger partial charge in [0.2, 0.25) is 41.4 Å². The zero-order valence-electron chi connectivity index (χ0n) is 56.8. The van der Waals surface area contributed by atoms with Crippen LogP contribution in [0.5, 0.6) is 0 Å². The van der Waals surface area contributed by atoms with E-state index in [0.29, 0.717) is 12.8 Å². The Kier molecular flexibility index (Phi) is 46.9. The molecule has 0 radical (unpaired) electrons. The van der Waals surface area contributed by atoms with Crippen molar-refractivity contribution in [3.63, 3.8) is 0 Å². The lowest BCUT2D eigenvalue weighted by Gasteiger charge is -2.42. The van der Waals surface area contributed by atoms with Crippen LogP contribution in [0.2, 0.25) is 0 Å². The molecule has 0 spiro atoms. The minimum atomic E-state index is -1.47. The molecule has 40 nitrogen and oxygen atoms in total. The van der Waals surface area contributed by atoms with Gasteiger partial charge in [-0.25, -0.2) is 4.79 Å². The highest BCUT2D eigenvalue weighted by atomic mass is 16.7. The van der Waals surface area contributed by atoms with Gasteiger partial charge >= 0.3 is 5.97 Å². The van der Waals surface area contributed by atoms with Crippen LogP contribution in [0.15, 0.2) is 0 Å². The first-order valence-electron chi connectivity index (χ1n) is 33.1. The Bertz CT molecular complexity index is 2310. The fraction of sp³-hybridized carbons (Fsp3) is 0.867. The van der Waals surface area contributed by atoms with E-state index < -0.39 is 178 Å². The number of carboxylic acids is 1.